The highest BCUT2D eigenvalue weighted by atomic mass is 19.1. The number of nitrogens with one attached hydrogen (secondary N) is 1. The third kappa shape index (κ3) is 11.0. The molecule has 1 unspecified atom stereocenters. The first-order chi connectivity index (χ1) is 14.0. The van der Waals surface area contributed by atoms with Crippen molar-refractivity contribution in [3.8, 4) is 0 Å². The van der Waals surface area contributed by atoms with Crippen LogP contribution in [-0.2, 0) is 9.53 Å². The summed E-state index contributed by atoms with van der Waals surface area (Å²) < 4.78 is 31.9. The summed E-state index contributed by atoms with van der Waals surface area (Å²) in [5, 5.41) is 2.34. The summed E-state index contributed by atoms with van der Waals surface area (Å²) in [6.07, 6.45) is 13.3. The van der Waals surface area contributed by atoms with Gasteiger partial charge in [0.25, 0.3) is 5.91 Å². The molecular weight excluding hydrogens is 376 g/mol. The SMILES string of the molecule is CCCCCCCCCCCCCOC(=O)C(C)NC(=O)c1cc(F)ccc1F. The topological polar surface area (TPSA) is 55.4 Å². The van der Waals surface area contributed by atoms with Gasteiger partial charge in [-0.2, -0.15) is 0 Å². The predicted octanol–water partition coefficient (Wildman–Crippen LogP) is 5.94. The van der Waals surface area contributed by atoms with Crippen LogP contribution in [0.2, 0.25) is 0 Å². The van der Waals surface area contributed by atoms with Crippen LogP contribution in [0.3, 0.4) is 0 Å². The van der Waals surface area contributed by atoms with Crippen LogP contribution in [0.25, 0.3) is 0 Å². The van der Waals surface area contributed by atoms with Crippen molar-refractivity contribution in [3.63, 3.8) is 0 Å². The van der Waals surface area contributed by atoms with E-state index in [4.69, 9.17) is 4.74 Å². The van der Waals surface area contributed by atoms with Gasteiger partial charge in [0, 0.05) is 0 Å². The molecule has 1 rings (SSSR count). The van der Waals surface area contributed by atoms with Crippen molar-refractivity contribution in [2.45, 2.75) is 90.5 Å². The lowest BCUT2D eigenvalue weighted by molar-refractivity contribution is -0.145. The fraction of sp³-hybridized carbons (Fsp3) is 0.652. The first kappa shape index (κ1) is 25.1. The molecule has 164 valence electrons. The lowest BCUT2D eigenvalue weighted by Crippen LogP contribution is -2.40. The molecule has 1 aromatic carbocycles. The van der Waals surface area contributed by atoms with E-state index in [2.05, 4.69) is 12.2 Å². The average molecular weight is 412 g/mol. The smallest absolute Gasteiger partial charge is 0.328 e. The number of rotatable bonds is 15. The number of hydrogen-bond acceptors (Lipinski definition) is 3. The number of carbonyl (C=O) groups is 2. The second kappa shape index (κ2) is 14.9. The van der Waals surface area contributed by atoms with Crippen LogP contribution in [0, 0.1) is 11.6 Å². The summed E-state index contributed by atoms with van der Waals surface area (Å²) >= 11 is 0. The minimum Gasteiger partial charge on any atom is -0.464 e. The standard InChI is InChI=1S/C23H35F2NO3/c1-3-4-5-6-7-8-9-10-11-12-13-16-29-23(28)18(2)26-22(27)20-17-19(24)14-15-21(20)25/h14-15,17-18H,3-13,16H2,1-2H3,(H,26,27). The third-order valence-electron chi connectivity index (χ3n) is 4.87. The Balaban J connectivity index is 2.09. The van der Waals surface area contributed by atoms with Crippen molar-refractivity contribution >= 4 is 11.9 Å². The molecule has 4 nitrogen and oxygen atoms in total. The van der Waals surface area contributed by atoms with Crippen molar-refractivity contribution in [1.82, 2.24) is 5.32 Å². The van der Waals surface area contributed by atoms with E-state index in [9.17, 15) is 18.4 Å². The first-order valence-electron chi connectivity index (χ1n) is 10.9. The molecule has 1 N–H and O–H groups in total. The largest absolute Gasteiger partial charge is 0.464 e. The highest BCUT2D eigenvalue weighted by molar-refractivity contribution is 5.96. The number of esters is 1. The van der Waals surface area contributed by atoms with Crippen molar-refractivity contribution in [2.24, 2.45) is 0 Å². The molecule has 1 atom stereocenters. The van der Waals surface area contributed by atoms with Crippen LogP contribution in [0.4, 0.5) is 8.78 Å². The molecule has 29 heavy (non-hydrogen) atoms. The molecule has 0 aliphatic heterocycles. The maximum absolute atomic E-state index is 13.6. The van der Waals surface area contributed by atoms with Crippen molar-refractivity contribution < 1.29 is 23.1 Å². The summed E-state index contributed by atoms with van der Waals surface area (Å²) in [6, 6.07) is 1.67. The van der Waals surface area contributed by atoms with Gasteiger partial charge in [0.15, 0.2) is 0 Å². The van der Waals surface area contributed by atoms with Crippen LogP contribution >= 0.6 is 0 Å². The zero-order valence-corrected chi connectivity index (χ0v) is 17.8. The van der Waals surface area contributed by atoms with Crippen LogP contribution in [0.5, 0.6) is 0 Å². The zero-order valence-electron chi connectivity index (χ0n) is 17.8. The number of carbonyl (C=O) groups excluding carboxylic acids is 2. The van der Waals surface area contributed by atoms with Crippen LogP contribution in [-0.4, -0.2) is 24.5 Å². The zero-order chi connectivity index (χ0) is 21.5. The maximum atomic E-state index is 13.6. The van der Waals surface area contributed by atoms with Gasteiger partial charge in [0.2, 0.25) is 0 Å². The van der Waals surface area contributed by atoms with Gasteiger partial charge in [-0.05, 0) is 31.5 Å². The summed E-state index contributed by atoms with van der Waals surface area (Å²) in [7, 11) is 0. The number of halogens is 2. The number of ether oxygens (including phenoxy) is 1. The predicted molar refractivity (Wildman–Crippen MR) is 111 cm³/mol. The molecule has 0 heterocycles. The first-order valence-corrected chi connectivity index (χ1v) is 10.9. The lowest BCUT2D eigenvalue weighted by atomic mass is 10.1. The van der Waals surface area contributed by atoms with Crippen molar-refractivity contribution in [3.05, 3.63) is 35.4 Å². The van der Waals surface area contributed by atoms with E-state index < -0.39 is 35.1 Å². The summed E-state index contributed by atoms with van der Waals surface area (Å²) in [4.78, 5) is 23.9. The molecule has 0 radical (unpaired) electrons. The molecule has 0 aromatic heterocycles. The molecule has 0 saturated carbocycles. The molecular formula is C23H35F2NO3. The Morgan fingerprint density at radius 1 is 0.931 bits per heavy atom. The number of benzene rings is 1. The second-order valence-electron chi connectivity index (χ2n) is 7.52. The van der Waals surface area contributed by atoms with Gasteiger partial charge in [-0.1, -0.05) is 71.1 Å². The second-order valence-corrected chi connectivity index (χ2v) is 7.52. The molecule has 0 fully saturated rings. The minimum atomic E-state index is -0.933. The quantitative estimate of drug-likeness (QED) is 0.287. The van der Waals surface area contributed by atoms with Gasteiger partial charge in [-0.15, -0.1) is 0 Å². The summed E-state index contributed by atoms with van der Waals surface area (Å²) in [5.41, 5.74) is -0.435. The monoisotopic (exact) mass is 411 g/mol. The molecule has 1 aromatic rings. The highest BCUT2D eigenvalue weighted by Gasteiger charge is 2.20. The summed E-state index contributed by atoms with van der Waals surface area (Å²) in [5.74, 6) is -2.99. The van der Waals surface area contributed by atoms with Gasteiger partial charge in [0.1, 0.15) is 17.7 Å². The van der Waals surface area contributed by atoms with Crippen LogP contribution in [0.1, 0.15) is 94.8 Å². The van der Waals surface area contributed by atoms with E-state index in [0.29, 0.717) is 6.61 Å². The van der Waals surface area contributed by atoms with E-state index in [-0.39, 0.29) is 0 Å². The highest BCUT2D eigenvalue weighted by Crippen LogP contribution is 2.12. The van der Waals surface area contributed by atoms with E-state index >= 15 is 0 Å². The van der Waals surface area contributed by atoms with Gasteiger partial charge >= 0.3 is 5.97 Å². The maximum Gasteiger partial charge on any atom is 0.328 e. The Morgan fingerprint density at radius 2 is 1.48 bits per heavy atom. The Hall–Kier alpha value is -1.98. The Morgan fingerprint density at radius 3 is 2.07 bits per heavy atom. The van der Waals surface area contributed by atoms with Crippen LogP contribution < -0.4 is 5.32 Å². The molecule has 0 spiro atoms. The fourth-order valence-electron chi connectivity index (χ4n) is 3.07. The van der Waals surface area contributed by atoms with Gasteiger partial charge in [0.05, 0.1) is 12.2 Å². The molecule has 1 amide bonds. The average Bonchev–Trinajstić information content (AvgIpc) is 2.70. The number of unbranched alkanes of at least 4 members (excludes halogenated alkanes) is 10. The molecule has 0 saturated heterocycles. The van der Waals surface area contributed by atoms with Crippen molar-refractivity contribution in [1.29, 1.82) is 0 Å². The number of hydrogen-bond donors (Lipinski definition) is 1. The molecule has 0 aliphatic carbocycles. The Kier molecular flexibility index (Phi) is 12.9. The molecule has 0 bridgehead atoms. The van der Waals surface area contributed by atoms with Crippen LogP contribution in [0.15, 0.2) is 18.2 Å². The minimum absolute atomic E-state index is 0.296. The van der Waals surface area contributed by atoms with E-state index in [0.717, 1.165) is 37.5 Å². The normalized spacial score (nSPS) is 11.9. The Labute approximate surface area is 173 Å². The third-order valence-corrected chi connectivity index (χ3v) is 4.87. The van der Waals surface area contributed by atoms with E-state index in [1.54, 1.807) is 0 Å². The van der Waals surface area contributed by atoms with E-state index in [1.807, 2.05) is 0 Å². The van der Waals surface area contributed by atoms with E-state index in [1.165, 1.54) is 58.3 Å². The van der Waals surface area contributed by atoms with Gasteiger partial charge < -0.3 is 10.1 Å². The van der Waals surface area contributed by atoms with Crippen molar-refractivity contribution in [2.75, 3.05) is 6.61 Å². The summed E-state index contributed by atoms with van der Waals surface area (Å²) in [6.45, 7) is 3.98. The lowest BCUT2D eigenvalue weighted by Gasteiger charge is -2.14. The van der Waals surface area contributed by atoms with Gasteiger partial charge in [-0.3, -0.25) is 4.79 Å². The Bertz CT molecular complexity index is 622. The fourth-order valence-corrected chi connectivity index (χ4v) is 3.07. The molecule has 6 heteroatoms. The number of amides is 1. The molecule has 0 aliphatic rings. The van der Waals surface area contributed by atoms with Gasteiger partial charge in [-0.25, -0.2) is 13.6 Å².